The number of nitrogens with two attached hydrogens (primary N) is 1. The molecule has 3 atom stereocenters. The number of carbonyl (C=O) groups is 1. The van der Waals surface area contributed by atoms with Crippen molar-refractivity contribution in [1.29, 1.82) is 0 Å². The summed E-state index contributed by atoms with van der Waals surface area (Å²) in [5.41, 5.74) is 7.29. The zero-order valence-corrected chi connectivity index (χ0v) is 14.4. The second-order valence-electron chi connectivity index (χ2n) is 7.26. The van der Waals surface area contributed by atoms with Gasteiger partial charge < -0.3 is 24.5 Å². The first-order chi connectivity index (χ1) is 12.7. The van der Waals surface area contributed by atoms with Crippen LogP contribution in [0.4, 0.5) is 0 Å². The van der Waals surface area contributed by atoms with Crippen LogP contribution in [0.3, 0.4) is 0 Å². The minimum absolute atomic E-state index is 0.0924. The summed E-state index contributed by atoms with van der Waals surface area (Å²) in [5.74, 6) is 2.65. The minimum Gasteiger partial charge on any atom is -0.486 e. The smallest absolute Gasteiger partial charge is 0.276 e. The predicted molar refractivity (Wildman–Crippen MR) is 93.0 cm³/mol. The Morgan fingerprint density at radius 2 is 2.00 bits per heavy atom. The normalized spacial score (nSPS) is 26.8. The molecule has 7 heteroatoms. The number of carbonyl (C=O) groups excluding carboxylic acids is 1. The quantitative estimate of drug-likeness (QED) is 0.885. The molecule has 2 N–H and O–H groups in total. The van der Waals surface area contributed by atoms with Crippen LogP contribution in [0.15, 0.2) is 29.0 Å². The van der Waals surface area contributed by atoms with E-state index in [9.17, 15) is 4.79 Å². The minimum atomic E-state index is -0.0924. The third-order valence-electron chi connectivity index (χ3n) is 5.77. The van der Waals surface area contributed by atoms with E-state index in [-0.39, 0.29) is 11.9 Å². The van der Waals surface area contributed by atoms with Crippen molar-refractivity contribution in [3.8, 4) is 22.8 Å². The fourth-order valence-electron chi connectivity index (χ4n) is 4.41. The molecule has 2 fully saturated rings. The standard InChI is InChI=1S/C19H21N3O4/c20-14-3-1-12-8-22(9-13(12)14)19(23)17-18(26-10-21-17)11-2-4-15-16(7-11)25-6-5-24-15/h2,4,7,10,12-14H,1,3,5-6,8-9,20H2. The molecule has 26 heavy (non-hydrogen) atoms. The number of hydrogen-bond donors (Lipinski definition) is 1. The first kappa shape index (κ1) is 15.7. The van der Waals surface area contributed by atoms with Crippen LogP contribution >= 0.6 is 0 Å². The van der Waals surface area contributed by atoms with Crippen LogP contribution in [0.2, 0.25) is 0 Å². The van der Waals surface area contributed by atoms with E-state index < -0.39 is 0 Å². The molecule has 2 aromatic rings. The molecule has 1 amide bonds. The van der Waals surface area contributed by atoms with E-state index >= 15 is 0 Å². The number of ether oxygens (including phenoxy) is 2. The lowest BCUT2D eigenvalue weighted by atomic mass is 9.98. The van der Waals surface area contributed by atoms with Gasteiger partial charge in [-0.05, 0) is 42.9 Å². The van der Waals surface area contributed by atoms with Crippen molar-refractivity contribution in [3.05, 3.63) is 30.3 Å². The average Bonchev–Trinajstić information content (AvgIpc) is 3.38. The number of aromatic nitrogens is 1. The van der Waals surface area contributed by atoms with Crippen molar-refractivity contribution in [2.75, 3.05) is 26.3 Å². The number of oxazole rings is 1. The van der Waals surface area contributed by atoms with Gasteiger partial charge in [-0.1, -0.05) is 0 Å². The zero-order valence-electron chi connectivity index (χ0n) is 14.4. The molecule has 1 saturated carbocycles. The van der Waals surface area contributed by atoms with Gasteiger partial charge in [0.05, 0.1) is 0 Å². The molecule has 5 rings (SSSR count). The second-order valence-corrected chi connectivity index (χ2v) is 7.26. The second kappa shape index (κ2) is 6.02. The monoisotopic (exact) mass is 355 g/mol. The van der Waals surface area contributed by atoms with Gasteiger partial charge in [-0.15, -0.1) is 0 Å². The number of rotatable bonds is 2. The number of benzene rings is 1. The Bertz CT molecular complexity index is 849. The molecule has 1 aromatic carbocycles. The molecule has 3 unspecified atom stereocenters. The predicted octanol–water partition coefficient (Wildman–Crippen LogP) is 1.92. The Balaban J connectivity index is 1.42. The van der Waals surface area contributed by atoms with Crippen LogP contribution in [0, 0.1) is 11.8 Å². The lowest BCUT2D eigenvalue weighted by molar-refractivity contribution is 0.0774. The highest BCUT2D eigenvalue weighted by molar-refractivity contribution is 5.98. The summed E-state index contributed by atoms with van der Waals surface area (Å²) >= 11 is 0. The molecule has 2 aliphatic heterocycles. The van der Waals surface area contributed by atoms with E-state index in [1.807, 2.05) is 23.1 Å². The highest BCUT2D eigenvalue weighted by Crippen LogP contribution is 2.39. The maximum atomic E-state index is 13.0. The lowest BCUT2D eigenvalue weighted by Crippen LogP contribution is -2.33. The van der Waals surface area contributed by atoms with E-state index in [2.05, 4.69) is 4.98 Å². The maximum absolute atomic E-state index is 13.0. The summed E-state index contributed by atoms with van der Waals surface area (Å²) in [6, 6.07) is 5.73. The first-order valence-corrected chi connectivity index (χ1v) is 9.09. The zero-order chi connectivity index (χ0) is 17.7. The molecule has 1 aromatic heterocycles. The SMILES string of the molecule is NC1CCC2CN(C(=O)c3ncoc3-c3ccc4c(c3)OCCO4)CC12. The van der Waals surface area contributed by atoms with Gasteiger partial charge in [0.2, 0.25) is 0 Å². The molecule has 0 bridgehead atoms. The number of likely N-dealkylation sites (tertiary alicyclic amines) is 1. The number of hydrogen-bond acceptors (Lipinski definition) is 6. The fourth-order valence-corrected chi connectivity index (χ4v) is 4.41. The summed E-state index contributed by atoms with van der Waals surface area (Å²) in [6.07, 6.45) is 3.48. The molecule has 1 saturated heterocycles. The third kappa shape index (κ3) is 2.46. The topological polar surface area (TPSA) is 90.8 Å². The Labute approximate surface area is 151 Å². The van der Waals surface area contributed by atoms with E-state index in [1.165, 1.54) is 6.39 Å². The molecular formula is C19H21N3O4. The summed E-state index contributed by atoms with van der Waals surface area (Å²) in [7, 11) is 0. The largest absolute Gasteiger partial charge is 0.486 e. The summed E-state index contributed by atoms with van der Waals surface area (Å²) in [6.45, 7) is 2.51. The molecular weight excluding hydrogens is 334 g/mol. The highest BCUT2D eigenvalue weighted by Gasteiger charge is 2.43. The van der Waals surface area contributed by atoms with E-state index in [0.29, 0.717) is 54.5 Å². The van der Waals surface area contributed by atoms with Crippen molar-refractivity contribution in [3.63, 3.8) is 0 Å². The Morgan fingerprint density at radius 3 is 2.85 bits per heavy atom. The molecule has 7 nitrogen and oxygen atoms in total. The first-order valence-electron chi connectivity index (χ1n) is 9.09. The highest BCUT2D eigenvalue weighted by atomic mass is 16.6. The van der Waals surface area contributed by atoms with Crippen LogP contribution in [-0.4, -0.2) is 48.1 Å². The summed E-state index contributed by atoms with van der Waals surface area (Å²) < 4.78 is 16.7. The van der Waals surface area contributed by atoms with Crippen molar-refractivity contribution in [2.45, 2.75) is 18.9 Å². The van der Waals surface area contributed by atoms with Gasteiger partial charge in [0.15, 0.2) is 29.3 Å². The fraction of sp³-hybridized carbons (Fsp3) is 0.474. The van der Waals surface area contributed by atoms with Gasteiger partial charge in [0.1, 0.15) is 13.2 Å². The van der Waals surface area contributed by atoms with Gasteiger partial charge in [-0.25, -0.2) is 4.98 Å². The number of fused-ring (bicyclic) bond motifs is 2. The van der Waals surface area contributed by atoms with Crippen LogP contribution in [-0.2, 0) is 0 Å². The van der Waals surface area contributed by atoms with Crippen molar-refractivity contribution < 1.29 is 18.7 Å². The lowest BCUT2D eigenvalue weighted by Gasteiger charge is -2.19. The van der Waals surface area contributed by atoms with Gasteiger partial charge in [0, 0.05) is 24.7 Å². The van der Waals surface area contributed by atoms with Gasteiger partial charge >= 0.3 is 0 Å². The van der Waals surface area contributed by atoms with Crippen molar-refractivity contribution >= 4 is 5.91 Å². The Morgan fingerprint density at radius 1 is 1.15 bits per heavy atom. The average molecular weight is 355 g/mol. The number of amides is 1. The van der Waals surface area contributed by atoms with Crippen molar-refractivity contribution in [1.82, 2.24) is 9.88 Å². The summed E-state index contributed by atoms with van der Waals surface area (Å²) in [5, 5.41) is 0. The molecule has 0 spiro atoms. The van der Waals surface area contributed by atoms with Crippen LogP contribution in [0.5, 0.6) is 11.5 Å². The van der Waals surface area contributed by atoms with Gasteiger partial charge in [-0.2, -0.15) is 0 Å². The van der Waals surface area contributed by atoms with Gasteiger partial charge in [-0.3, -0.25) is 4.79 Å². The Hall–Kier alpha value is -2.54. The Kier molecular flexibility index (Phi) is 3.63. The van der Waals surface area contributed by atoms with Crippen LogP contribution in [0.25, 0.3) is 11.3 Å². The molecule has 0 radical (unpaired) electrons. The third-order valence-corrected chi connectivity index (χ3v) is 5.77. The maximum Gasteiger partial charge on any atom is 0.276 e. The van der Waals surface area contributed by atoms with E-state index in [4.69, 9.17) is 19.6 Å². The van der Waals surface area contributed by atoms with Gasteiger partial charge in [0.25, 0.3) is 5.91 Å². The van der Waals surface area contributed by atoms with Crippen molar-refractivity contribution in [2.24, 2.45) is 17.6 Å². The molecule has 3 heterocycles. The van der Waals surface area contributed by atoms with Crippen LogP contribution in [0.1, 0.15) is 23.3 Å². The van der Waals surface area contributed by atoms with Crippen LogP contribution < -0.4 is 15.2 Å². The molecule has 3 aliphatic rings. The van der Waals surface area contributed by atoms with E-state index in [1.54, 1.807) is 0 Å². The molecule has 1 aliphatic carbocycles. The van der Waals surface area contributed by atoms with E-state index in [0.717, 1.165) is 24.9 Å². The summed E-state index contributed by atoms with van der Waals surface area (Å²) in [4.78, 5) is 19.1. The number of nitrogens with zero attached hydrogens (tertiary/aromatic N) is 2. The molecule has 136 valence electrons.